The molecular weight excluding hydrogens is 190 g/mol. The number of hydrogen-bond donors (Lipinski definition) is 2. The van der Waals surface area contributed by atoms with E-state index >= 15 is 0 Å². The van der Waals surface area contributed by atoms with E-state index in [0.29, 0.717) is 6.42 Å². The second-order valence-electron chi connectivity index (χ2n) is 3.67. The lowest BCUT2D eigenvalue weighted by molar-refractivity contribution is -0.138. The van der Waals surface area contributed by atoms with Crippen molar-refractivity contribution in [1.82, 2.24) is 0 Å². The summed E-state index contributed by atoms with van der Waals surface area (Å²) in [4.78, 5) is 10.6. The predicted octanol–water partition coefficient (Wildman–Crippen LogP) is 1.59. The van der Waals surface area contributed by atoms with Gasteiger partial charge in [-0.25, -0.2) is 0 Å². The lowest BCUT2D eigenvalue weighted by Crippen LogP contribution is -2.32. The molecule has 1 aromatic rings. The minimum Gasteiger partial charge on any atom is -0.480 e. The molecule has 0 heterocycles. The number of rotatable bonds is 5. The summed E-state index contributed by atoms with van der Waals surface area (Å²) in [6.45, 7) is 2.11. The van der Waals surface area contributed by atoms with Gasteiger partial charge in [-0.2, -0.15) is 0 Å². The highest BCUT2D eigenvalue weighted by molar-refractivity contribution is 5.73. The van der Waals surface area contributed by atoms with Crippen LogP contribution < -0.4 is 5.73 Å². The fourth-order valence-electron chi connectivity index (χ4n) is 1.59. The lowest BCUT2D eigenvalue weighted by atomic mass is 9.98. The van der Waals surface area contributed by atoms with Gasteiger partial charge in [0.15, 0.2) is 0 Å². The molecule has 3 nitrogen and oxygen atoms in total. The van der Waals surface area contributed by atoms with E-state index in [2.05, 4.69) is 6.92 Å². The molecule has 0 radical (unpaired) electrons. The van der Waals surface area contributed by atoms with Gasteiger partial charge in [-0.15, -0.1) is 0 Å². The third-order valence-electron chi connectivity index (χ3n) is 2.39. The molecule has 0 aromatic heterocycles. The molecule has 0 amide bonds. The first-order valence-corrected chi connectivity index (χ1v) is 5.20. The van der Waals surface area contributed by atoms with Crippen LogP contribution in [0.5, 0.6) is 0 Å². The normalized spacial score (nSPS) is 12.4. The monoisotopic (exact) mass is 207 g/mol. The van der Waals surface area contributed by atoms with Crippen LogP contribution >= 0.6 is 0 Å². The Balaban J connectivity index is 2.79. The van der Waals surface area contributed by atoms with Crippen molar-refractivity contribution in [3.8, 4) is 0 Å². The second-order valence-corrected chi connectivity index (χ2v) is 3.67. The predicted molar refractivity (Wildman–Crippen MR) is 59.8 cm³/mol. The molecule has 1 rings (SSSR count). The zero-order chi connectivity index (χ0) is 11.3. The van der Waals surface area contributed by atoms with E-state index in [1.807, 2.05) is 24.3 Å². The highest BCUT2D eigenvalue weighted by atomic mass is 16.4. The number of benzene rings is 1. The first-order valence-electron chi connectivity index (χ1n) is 5.20. The minimum atomic E-state index is -0.943. The van der Waals surface area contributed by atoms with Crippen molar-refractivity contribution in [3.63, 3.8) is 0 Å². The van der Waals surface area contributed by atoms with Crippen molar-refractivity contribution in [1.29, 1.82) is 0 Å². The van der Waals surface area contributed by atoms with Gasteiger partial charge in [-0.1, -0.05) is 37.6 Å². The quantitative estimate of drug-likeness (QED) is 0.770. The summed E-state index contributed by atoms with van der Waals surface area (Å²) in [6.07, 6.45) is 2.44. The summed E-state index contributed by atoms with van der Waals surface area (Å²) in [5, 5.41) is 8.74. The molecule has 0 fully saturated rings. The maximum atomic E-state index is 10.6. The molecule has 0 spiro atoms. The van der Waals surface area contributed by atoms with Crippen LogP contribution in [0, 0.1) is 0 Å². The third-order valence-corrected chi connectivity index (χ3v) is 2.39. The minimum absolute atomic E-state index is 0.408. The van der Waals surface area contributed by atoms with Crippen molar-refractivity contribution >= 4 is 5.97 Å². The largest absolute Gasteiger partial charge is 0.480 e. The average molecular weight is 207 g/mol. The second kappa shape index (κ2) is 5.51. The Kier molecular flexibility index (Phi) is 4.31. The lowest BCUT2D eigenvalue weighted by Gasteiger charge is -2.11. The Labute approximate surface area is 89.9 Å². The van der Waals surface area contributed by atoms with Gasteiger partial charge in [0.1, 0.15) is 6.04 Å². The Morgan fingerprint density at radius 2 is 2.00 bits per heavy atom. The summed E-state index contributed by atoms with van der Waals surface area (Å²) >= 11 is 0. The van der Waals surface area contributed by atoms with Crippen LogP contribution in [-0.4, -0.2) is 17.1 Å². The topological polar surface area (TPSA) is 63.3 Å². The molecule has 1 unspecified atom stereocenters. The number of carboxylic acids is 1. The Bertz CT molecular complexity index is 336. The van der Waals surface area contributed by atoms with E-state index in [9.17, 15) is 4.79 Å². The van der Waals surface area contributed by atoms with E-state index in [1.165, 1.54) is 5.56 Å². The number of nitrogens with two attached hydrogens (primary N) is 1. The maximum absolute atomic E-state index is 10.6. The molecule has 0 aliphatic heterocycles. The standard InChI is InChI=1S/C12H17NO2/c1-2-5-9-6-3-4-7-10(9)8-11(13)12(14)15/h3-4,6-7,11H,2,5,8,13H2,1H3,(H,14,15). The van der Waals surface area contributed by atoms with Gasteiger partial charge in [0.2, 0.25) is 0 Å². The van der Waals surface area contributed by atoms with E-state index in [-0.39, 0.29) is 0 Å². The Morgan fingerprint density at radius 1 is 1.40 bits per heavy atom. The summed E-state index contributed by atoms with van der Waals surface area (Å²) in [7, 11) is 0. The van der Waals surface area contributed by atoms with Crippen molar-refractivity contribution in [3.05, 3.63) is 35.4 Å². The number of carbonyl (C=O) groups is 1. The average Bonchev–Trinajstić information content (AvgIpc) is 2.21. The Morgan fingerprint density at radius 3 is 2.53 bits per heavy atom. The molecule has 1 atom stereocenters. The van der Waals surface area contributed by atoms with E-state index in [1.54, 1.807) is 0 Å². The van der Waals surface area contributed by atoms with Crippen molar-refractivity contribution in [2.24, 2.45) is 5.73 Å². The molecule has 0 aliphatic rings. The summed E-state index contributed by atoms with van der Waals surface area (Å²) in [6, 6.07) is 7.08. The first kappa shape index (κ1) is 11.7. The van der Waals surface area contributed by atoms with Crippen LogP contribution in [0.3, 0.4) is 0 Å². The fourth-order valence-corrected chi connectivity index (χ4v) is 1.59. The molecule has 0 aliphatic carbocycles. The highest BCUT2D eigenvalue weighted by Crippen LogP contribution is 2.12. The van der Waals surface area contributed by atoms with Crippen LogP contribution in [0.15, 0.2) is 24.3 Å². The number of hydrogen-bond acceptors (Lipinski definition) is 2. The fraction of sp³-hybridized carbons (Fsp3) is 0.417. The number of aliphatic carboxylic acids is 1. The van der Waals surface area contributed by atoms with E-state index < -0.39 is 12.0 Å². The molecule has 0 saturated carbocycles. The van der Waals surface area contributed by atoms with Gasteiger partial charge in [0, 0.05) is 0 Å². The van der Waals surface area contributed by atoms with Gasteiger partial charge in [-0.3, -0.25) is 4.79 Å². The Hall–Kier alpha value is -1.35. The smallest absolute Gasteiger partial charge is 0.320 e. The summed E-state index contributed by atoms with van der Waals surface area (Å²) in [5.74, 6) is -0.943. The van der Waals surface area contributed by atoms with Crippen molar-refractivity contribution in [2.45, 2.75) is 32.2 Å². The van der Waals surface area contributed by atoms with Crippen molar-refractivity contribution < 1.29 is 9.90 Å². The summed E-state index contributed by atoms with van der Waals surface area (Å²) in [5.41, 5.74) is 7.77. The molecule has 1 aromatic carbocycles. The van der Waals surface area contributed by atoms with Crippen molar-refractivity contribution in [2.75, 3.05) is 0 Å². The van der Waals surface area contributed by atoms with Gasteiger partial charge in [0.05, 0.1) is 0 Å². The molecule has 3 N–H and O–H groups in total. The van der Waals surface area contributed by atoms with Crippen LogP contribution in [-0.2, 0) is 17.6 Å². The molecule has 0 bridgehead atoms. The number of carboxylic acid groups (broad SMARTS) is 1. The zero-order valence-corrected chi connectivity index (χ0v) is 8.94. The van der Waals surface area contributed by atoms with E-state index in [0.717, 1.165) is 18.4 Å². The van der Waals surface area contributed by atoms with Gasteiger partial charge >= 0.3 is 5.97 Å². The maximum Gasteiger partial charge on any atom is 0.320 e. The SMILES string of the molecule is CCCc1ccccc1CC(N)C(=O)O. The third kappa shape index (κ3) is 3.36. The first-order chi connectivity index (χ1) is 7.15. The highest BCUT2D eigenvalue weighted by Gasteiger charge is 2.13. The van der Waals surface area contributed by atoms with Crippen LogP contribution in [0.4, 0.5) is 0 Å². The van der Waals surface area contributed by atoms with Gasteiger partial charge in [0.25, 0.3) is 0 Å². The molecule has 82 valence electrons. The number of aryl methyl sites for hydroxylation is 1. The molecule has 15 heavy (non-hydrogen) atoms. The van der Waals surface area contributed by atoms with Gasteiger partial charge < -0.3 is 10.8 Å². The molecular formula is C12H17NO2. The van der Waals surface area contributed by atoms with Gasteiger partial charge in [-0.05, 0) is 24.0 Å². The molecule has 3 heteroatoms. The van der Waals surface area contributed by atoms with Crippen LogP contribution in [0.1, 0.15) is 24.5 Å². The molecule has 0 saturated heterocycles. The van der Waals surface area contributed by atoms with Crippen LogP contribution in [0.2, 0.25) is 0 Å². The van der Waals surface area contributed by atoms with E-state index in [4.69, 9.17) is 10.8 Å². The zero-order valence-electron chi connectivity index (χ0n) is 8.94. The summed E-state index contributed by atoms with van der Waals surface area (Å²) < 4.78 is 0. The van der Waals surface area contributed by atoms with Crippen LogP contribution in [0.25, 0.3) is 0 Å².